The average Bonchev–Trinajstić information content (AvgIpc) is 3.44. The molecule has 204 valence electrons. The molecule has 0 spiro atoms. The number of carbonyl (C=O) groups excluding carboxylic acids is 1. The van der Waals surface area contributed by atoms with E-state index >= 15 is 0 Å². The number of anilines is 1. The first-order valence-electron chi connectivity index (χ1n) is 11.2. The maximum Gasteiger partial charge on any atom is 0.416 e. The lowest BCUT2D eigenvalue weighted by Crippen LogP contribution is -2.38. The fourth-order valence-corrected chi connectivity index (χ4v) is 4.53. The van der Waals surface area contributed by atoms with E-state index in [4.69, 9.17) is 4.18 Å². The molecule has 1 aromatic carbocycles. The first-order chi connectivity index (χ1) is 17.9. The number of hydrogen-bond donors (Lipinski definition) is 4. The highest BCUT2D eigenvalue weighted by Crippen LogP contribution is 2.30. The van der Waals surface area contributed by atoms with Gasteiger partial charge in [0.15, 0.2) is 0 Å². The van der Waals surface area contributed by atoms with Crippen LogP contribution in [-0.2, 0) is 27.2 Å². The SMILES string of the molecule is CNS(=O)(=O)O[C@@H]1C[C@@H](Nc2ncncc2C(=O)c2ccn(Cc3ccc(C(F)(F)F)cc3)n2)[C@H](O)[C@H]1O. The van der Waals surface area contributed by atoms with Crippen molar-refractivity contribution < 1.29 is 40.8 Å². The Bertz CT molecular complexity index is 1400. The molecule has 3 aromatic rings. The molecule has 2 aromatic heterocycles. The van der Waals surface area contributed by atoms with Crippen LogP contribution in [0.4, 0.5) is 19.0 Å². The minimum atomic E-state index is -4.45. The molecular weight excluding hydrogens is 533 g/mol. The van der Waals surface area contributed by atoms with Crippen LogP contribution in [0.5, 0.6) is 0 Å². The van der Waals surface area contributed by atoms with E-state index in [1.54, 1.807) is 0 Å². The Kier molecular flexibility index (Phi) is 7.80. The van der Waals surface area contributed by atoms with E-state index in [2.05, 4.69) is 20.4 Å². The summed E-state index contributed by atoms with van der Waals surface area (Å²) < 4.78 is 69.9. The van der Waals surface area contributed by atoms with Crippen molar-refractivity contribution in [3.05, 3.63) is 71.4 Å². The smallest absolute Gasteiger partial charge is 0.388 e. The Morgan fingerprint density at radius 3 is 2.55 bits per heavy atom. The maximum atomic E-state index is 13.2. The van der Waals surface area contributed by atoms with E-state index in [9.17, 15) is 36.6 Å². The van der Waals surface area contributed by atoms with Crippen molar-refractivity contribution >= 4 is 21.9 Å². The minimum Gasteiger partial charge on any atom is -0.388 e. The van der Waals surface area contributed by atoms with E-state index in [0.717, 1.165) is 25.5 Å². The highest BCUT2D eigenvalue weighted by molar-refractivity contribution is 7.84. The van der Waals surface area contributed by atoms with Crippen molar-refractivity contribution in [3.8, 4) is 0 Å². The molecule has 0 unspecified atom stereocenters. The van der Waals surface area contributed by atoms with Gasteiger partial charge in [0.2, 0.25) is 5.78 Å². The van der Waals surface area contributed by atoms with Gasteiger partial charge in [0.25, 0.3) is 0 Å². The Labute approximate surface area is 214 Å². The zero-order valence-corrected chi connectivity index (χ0v) is 20.5. The minimum absolute atomic E-state index is 0.00286. The number of rotatable bonds is 9. The zero-order chi connectivity index (χ0) is 27.7. The van der Waals surface area contributed by atoms with Gasteiger partial charge in [-0.15, -0.1) is 0 Å². The maximum absolute atomic E-state index is 13.2. The summed E-state index contributed by atoms with van der Waals surface area (Å²) in [6.45, 7) is 0.116. The van der Waals surface area contributed by atoms with Crippen LogP contribution in [0, 0.1) is 0 Å². The summed E-state index contributed by atoms with van der Waals surface area (Å²) in [4.78, 5) is 21.0. The number of nitrogens with one attached hydrogen (secondary N) is 2. The van der Waals surface area contributed by atoms with Gasteiger partial charge in [0.1, 0.15) is 36.2 Å². The van der Waals surface area contributed by atoms with Crippen LogP contribution in [-0.4, -0.2) is 75.6 Å². The fourth-order valence-electron chi connectivity index (χ4n) is 3.92. The van der Waals surface area contributed by atoms with Crippen LogP contribution in [0.1, 0.15) is 33.6 Å². The molecule has 4 rings (SSSR count). The number of aromatic nitrogens is 4. The number of benzene rings is 1. The lowest BCUT2D eigenvalue weighted by Gasteiger charge is -2.19. The number of alkyl halides is 3. The Morgan fingerprint density at radius 2 is 1.89 bits per heavy atom. The van der Waals surface area contributed by atoms with Gasteiger partial charge in [-0.05, 0) is 23.8 Å². The first-order valence-corrected chi connectivity index (χ1v) is 12.6. The van der Waals surface area contributed by atoms with Crippen molar-refractivity contribution in [3.63, 3.8) is 0 Å². The highest BCUT2D eigenvalue weighted by atomic mass is 32.2. The topological polar surface area (TPSA) is 169 Å². The second-order valence-electron chi connectivity index (χ2n) is 8.47. The Hall–Kier alpha value is -3.44. The van der Waals surface area contributed by atoms with E-state index < -0.39 is 52.2 Å². The summed E-state index contributed by atoms with van der Waals surface area (Å²) in [5.74, 6) is -0.575. The molecule has 1 aliphatic carbocycles. The molecule has 12 nitrogen and oxygen atoms in total. The van der Waals surface area contributed by atoms with Gasteiger partial charge in [-0.3, -0.25) is 13.7 Å². The van der Waals surface area contributed by atoms with Crippen LogP contribution in [0.15, 0.2) is 49.1 Å². The Morgan fingerprint density at radius 1 is 1.18 bits per heavy atom. The zero-order valence-electron chi connectivity index (χ0n) is 19.7. The molecule has 0 bridgehead atoms. The monoisotopic (exact) mass is 556 g/mol. The quantitative estimate of drug-likeness (QED) is 0.276. The molecule has 4 N–H and O–H groups in total. The third-order valence-corrected chi connectivity index (χ3v) is 6.91. The number of carbonyl (C=O) groups is 1. The van der Waals surface area contributed by atoms with E-state index in [1.165, 1.54) is 35.3 Å². The largest absolute Gasteiger partial charge is 0.416 e. The van der Waals surface area contributed by atoms with Crippen LogP contribution in [0.3, 0.4) is 0 Å². The third kappa shape index (κ3) is 6.16. The van der Waals surface area contributed by atoms with Gasteiger partial charge in [0, 0.05) is 25.9 Å². The predicted octanol–water partition coefficient (Wildman–Crippen LogP) is 0.727. The van der Waals surface area contributed by atoms with Crippen molar-refractivity contribution in [1.29, 1.82) is 0 Å². The normalized spacial score (nSPS) is 21.9. The lowest BCUT2D eigenvalue weighted by atomic mass is 10.1. The summed E-state index contributed by atoms with van der Waals surface area (Å²) in [5, 5.41) is 27.6. The number of aliphatic hydroxyl groups excluding tert-OH is 2. The molecule has 4 atom stereocenters. The Balaban J connectivity index is 1.47. The number of aliphatic hydroxyl groups is 2. The fraction of sp³-hybridized carbons (Fsp3) is 0.364. The molecule has 1 fully saturated rings. The van der Waals surface area contributed by atoms with E-state index in [-0.39, 0.29) is 30.0 Å². The lowest BCUT2D eigenvalue weighted by molar-refractivity contribution is -0.137. The van der Waals surface area contributed by atoms with Crippen LogP contribution >= 0.6 is 0 Å². The van der Waals surface area contributed by atoms with Gasteiger partial charge >= 0.3 is 16.5 Å². The third-order valence-electron chi connectivity index (χ3n) is 5.91. The van der Waals surface area contributed by atoms with E-state index in [0.29, 0.717) is 5.56 Å². The summed E-state index contributed by atoms with van der Waals surface area (Å²) in [6, 6.07) is 5.06. The summed E-state index contributed by atoms with van der Waals surface area (Å²) in [6.07, 6.45) is -4.92. The molecule has 38 heavy (non-hydrogen) atoms. The molecule has 2 heterocycles. The van der Waals surface area contributed by atoms with Crippen LogP contribution in [0.2, 0.25) is 0 Å². The summed E-state index contributed by atoms with van der Waals surface area (Å²) >= 11 is 0. The predicted molar refractivity (Wildman–Crippen MR) is 125 cm³/mol. The molecule has 0 saturated heterocycles. The molecular formula is C22H23F3N6O6S. The van der Waals surface area contributed by atoms with Crippen molar-refractivity contribution in [2.75, 3.05) is 12.4 Å². The standard InChI is InChI=1S/C22H23F3N6O6S/c1-26-38(35,36)37-17-8-16(19(33)20(17)34)29-21-14(9-27-11-28-21)18(32)15-6-7-31(30-15)10-12-2-4-13(5-3-12)22(23,24)25/h2-7,9,11,16-17,19-20,26,33-34H,8,10H2,1H3,(H,27,28,29)/t16-,17-,19+,20+/m1/s1. The van der Waals surface area contributed by atoms with Crippen molar-refractivity contribution in [2.45, 2.75) is 43.5 Å². The first kappa shape index (κ1) is 27.6. The second kappa shape index (κ2) is 10.7. The van der Waals surface area contributed by atoms with Crippen molar-refractivity contribution in [2.24, 2.45) is 0 Å². The van der Waals surface area contributed by atoms with Gasteiger partial charge in [-0.25, -0.2) is 9.97 Å². The van der Waals surface area contributed by atoms with Crippen LogP contribution in [0.25, 0.3) is 0 Å². The van der Waals surface area contributed by atoms with Gasteiger partial charge in [-0.2, -0.15) is 31.4 Å². The van der Waals surface area contributed by atoms with E-state index in [1.807, 2.05) is 4.72 Å². The summed E-state index contributed by atoms with van der Waals surface area (Å²) in [7, 11) is -3.00. The van der Waals surface area contributed by atoms with Crippen molar-refractivity contribution in [1.82, 2.24) is 24.5 Å². The molecule has 0 aliphatic heterocycles. The number of nitrogens with zero attached hydrogens (tertiary/aromatic N) is 4. The van der Waals surface area contributed by atoms with Gasteiger partial charge in [0.05, 0.1) is 23.7 Å². The number of hydrogen-bond acceptors (Lipinski definition) is 10. The average molecular weight is 557 g/mol. The van der Waals surface area contributed by atoms with Crippen LogP contribution < -0.4 is 10.0 Å². The number of halogens is 3. The molecule has 1 saturated carbocycles. The number of ketones is 1. The highest BCUT2D eigenvalue weighted by Gasteiger charge is 2.44. The molecule has 16 heteroatoms. The molecule has 0 radical (unpaired) electrons. The summed E-state index contributed by atoms with van der Waals surface area (Å²) in [5.41, 5.74) is -0.247. The molecule has 1 aliphatic rings. The molecule has 0 amide bonds. The second-order valence-corrected chi connectivity index (χ2v) is 9.98. The van der Waals surface area contributed by atoms with Gasteiger partial charge < -0.3 is 15.5 Å². The van der Waals surface area contributed by atoms with Gasteiger partial charge in [-0.1, -0.05) is 12.1 Å².